The zero-order valence-electron chi connectivity index (χ0n) is 20.0. The van der Waals surface area contributed by atoms with Crippen molar-refractivity contribution < 1.29 is 25.2 Å². The standard InChI is InChI=1S/C18H45NO5Si4/c1-25(2,3)14(20)13-16(21,26(4,5)6)17(22,27(7,8)9)15(19)18(23,24-13)28(10,11)12/h13-15,20-23H,19H2,1-12H3/t13-,14?,15-,16+,17+,18?/m1/s1. The lowest BCUT2D eigenvalue weighted by Crippen LogP contribution is -2.94. The molecule has 10 heteroatoms. The Morgan fingerprint density at radius 1 is 0.714 bits per heavy atom. The highest BCUT2D eigenvalue weighted by Crippen LogP contribution is 2.53. The third-order valence-corrected chi connectivity index (χ3v) is 17.5. The van der Waals surface area contributed by atoms with E-state index >= 15 is 0 Å². The molecule has 0 aromatic carbocycles. The van der Waals surface area contributed by atoms with Gasteiger partial charge in [0.25, 0.3) is 0 Å². The maximum absolute atomic E-state index is 12.3. The van der Waals surface area contributed by atoms with Crippen LogP contribution in [0.1, 0.15) is 0 Å². The molecule has 0 amide bonds. The lowest BCUT2D eigenvalue weighted by atomic mass is 9.94. The van der Waals surface area contributed by atoms with Crippen molar-refractivity contribution in [2.75, 3.05) is 0 Å². The third kappa shape index (κ3) is 3.61. The SMILES string of the molecule is C[Si](C)(C)C(O)[C@H]1OC(O)([Si](C)(C)C)[C@H](N)[C@](O)([Si](C)(C)C)[C@@]1(O)[Si](C)(C)C. The molecule has 0 radical (unpaired) electrons. The second-order valence-electron chi connectivity index (χ2n) is 12.8. The lowest BCUT2D eigenvalue weighted by molar-refractivity contribution is -0.311. The number of ether oxygens (including phenoxy) is 1. The molecule has 0 saturated carbocycles. The first-order valence-corrected chi connectivity index (χ1v) is 24.3. The van der Waals surface area contributed by atoms with Crippen LogP contribution in [-0.4, -0.2) is 86.5 Å². The number of nitrogens with two attached hydrogens (primary N) is 1. The molecule has 1 fully saturated rings. The Kier molecular flexibility index (Phi) is 6.73. The molecule has 0 spiro atoms. The Hall–Kier alpha value is 0.628. The molecule has 1 saturated heterocycles. The third-order valence-electron chi connectivity index (χ3n) is 6.71. The van der Waals surface area contributed by atoms with E-state index in [1.807, 2.05) is 78.6 Å². The fourth-order valence-electron chi connectivity index (χ4n) is 4.52. The molecule has 6 nitrogen and oxygen atoms in total. The molecule has 6 atom stereocenters. The van der Waals surface area contributed by atoms with Crippen LogP contribution in [0.3, 0.4) is 0 Å². The van der Waals surface area contributed by atoms with Crippen molar-refractivity contribution >= 4 is 32.3 Å². The summed E-state index contributed by atoms with van der Waals surface area (Å²) in [5, 5.41) is 44.3. The maximum atomic E-state index is 12.3. The predicted octanol–water partition coefficient (Wildman–Crippen LogP) is 1.73. The molecule has 0 aliphatic carbocycles. The van der Waals surface area contributed by atoms with Crippen molar-refractivity contribution in [3.05, 3.63) is 0 Å². The van der Waals surface area contributed by atoms with Crippen LogP contribution < -0.4 is 5.73 Å². The average molecular weight is 468 g/mol. The van der Waals surface area contributed by atoms with E-state index in [4.69, 9.17) is 10.5 Å². The van der Waals surface area contributed by atoms with Gasteiger partial charge in [0, 0.05) is 0 Å². The molecular formula is C18H45NO5Si4. The number of hydrogen-bond donors (Lipinski definition) is 5. The van der Waals surface area contributed by atoms with Crippen molar-refractivity contribution in [1.29, 1.82) is 0 Å². The normalized spacial score (nSPS) is 39.8. The second kappa shape index (κ2) is 7.07. The van der Waals surface area contributed by atoms with Crippen LogP contribution in [0.5, 0.6) is 0 Å². The number of hydrogen-bond acceptors (Lipinski definition) is 6. The van der Waals surface area contributed by atoms with Gasteiger partial charge in [-0.15, -0.1) is 0 Å². The lowest BCUT2D eigenvalue weighted by Gasteiger charge is -2.69. The van der Waals surface area contributed by atoms with Gasteiger partial charge in [-0.2, -0.15) is 0 Å². The van der Waals surface area contributed by atoms with E-state index in [9.17, 15) is 20.4 Å². The average Bonchev–Trinajstić information content (AvgIpc) is 2.43. The summed E-state index contributed by atoms with van der Waals surface area (Å²) in [4.78, 5) is 0. The van der Waals surface area contributed by atoms with Crippen LogP contribution in [0.25, 0.3) is 0 Å². The van der Waals surface area contributed by atoms with Crippen LogP contribution in [0.4, 0.5) is 0 Å². The molecule has 2 unspecified atom stereocenters. The summed E-state index contributed by atoms with van der Waals surface area (Å²) >= 11 is 0. The predicted molar refractivity (Wildman–Crippen MR) is 127 cm³/mol. The van der Waals surface area contributed by atoms with E-state index in [0.29, 0.717) is 0 Å². The van der Waals surface area contributed by atoms with E-state index < -0.39 is 66.0 Å². The van der Waals surface area contributed by atoms with Gasteiger partial charge >= 0.3 is 0 Å². The van der Waals surface area contributed by atoms with Crippen LogP contribution in [0.2, 0.25) is 78.6 Å². The van der Waals surface area contributed by atoms with Crippen molar-refractivity contribution in [2.45, 2.75) is 112 Å². The summed E-state index contributed by atoms with van der Waals surface area (Å²) in [5.74, 6) is 0. The summed E-state index contributed by atoms with van der Waals surface area (Å²) in [5.41, 5.74) is 3.92. The highest BCUT2D eigenvalue weighted by molar-refractivity contribution is 6.87. The summed E-state index contributed by atoms with van der Waals surface area (Å²) in [6, 6.07) is -1.15. The van der Waals surface area contributed by atoms with Crippen molar-refractivity contribution in [1.82, 2.24) is 0 Å². The summed E-state index contributed by atoms with van der Waals surface area (Å²) < 4.78 is 6.30. The van der Waals surface area contributed by atoms with Crippen LogP contribution >= 0.6 is 0 Å². The minimum Gasteiger partial charge on any atom is -0.394 e. The molecular weight excluding hydrogens is 423 g/mol. The van der Waals surface area contributed by atoms with Gasteiger partial charge in [-0.1, -0.05) is 78.6 Å². The van der Waals surface area contributed by atoms with E-state index in [2.05, 4.69) is 0 Å². The number of aliphatic hydroxyl groups is 4. The van der Waals surface area contributed by atoms with E-state index in [0.717, 1.165) is 0 Å². The Labute approximate surface area is 175 Å². The number of aliphatic hydroxyl groups excluding tert-OH is 1. The van der Waals surface area contributed by atoms with Gasteiger partial charge in [-0.25, -0.2) is 0 Å². The molecule has 1 aliphatic rings. The molecule has 1 rings (SSSR count). The molecule has 0 aromatic heterocycles. The van der Waals surface area contributed by atoms with E-state index in [1.54, 1.807) is 0 Å². The van der Waals surface area contributed by atoms with Crippen molar-refractivity contribution in [2.24, 2.45) is 5.73 Å². The Morgan fingerprint density at radius 2 is 1.07 bits per heavy atom. The molecule has 0 aromatic rings. The Morgan fingerprint density at radius 3 is 1.32 bits per heavy atom. The zero-order valence-corrected chi connectivity index (χ0v) is 24.0. The van der Waals surface area contributed by atoms with Gasteiger partial charge in [-0.05, 0) is 0 Å². The van der Waals surface area contributed by atoms with E-state index in [1.165, 1.54) is 0 Å². The van der Waals surface area contributed by atoms with Gasteiger partial charge in [0.15, 0.2) is 5.41 Å². The smallest absolute Gasteiger partial charge is 0.165 e. The monoisotopic (exact) mass is 467 g/mol. The topological polar surface area (TPSA) is 116 Å². The summed E-state index contributed by atoms with van der Waals surface area (Å²) in [6.07, 6.45) is -1.08. The molecule has 0 bridgehead atoms. The van der Waals surface area contributed by atoms with Gasteiger partial charge in [0.05, 0.1) is 36.0 Å². The fraction of sp³-hybridized carbons (Fsp3) is 1.00. The van der Waals surface area contributed by atoms with Crippen LogP contribution in [0, 0.1) is 0 Å². The number of rotatable bonds is 5. The first-order chi connectivity index (χ1) is 11.9. The minimum atomic E-state index is -2.60. The molecule has 1 heterocycles. The first kappa shape index (κ1) is 26.7. The van der Waals surface area contributed by atoms with Gasteiger partial charge < -0.3 is 30.9 Å². The maximum Gasteiger partial charge on any atom is 0.165 e. The van der Waals surface area contributed by atoms with Crippen LogP contribution in [-0.2, 0) is 4.74 Å². The highest BCUT2D eigenvalue weighted by Gasteiger charge is 2.78. The molecule has 6 N–H and O–H groups in total. The fourth-order valence-corrected chi connectivity index (χ4v) is 14.7. The molecule has 1 aliphatic heterocycles. The highest BCUT2D eigenvalue weighted by atomic mass is 28.3. The summed E-state index contributed by atoms with van der Waals surface area (Å²) in [7, 11) is -9.91. The largest absolute Gasteiger partial charge is 0.394 e. The minimum absolute atomic E-state index is 0.956. The van der Waals surface area contributed by atoms with Crippen molar-refractivity contribution in [3.8, 4) is 0 Å². The molecule has 28 heavy (non-hydrogen) atoms. The van der Waals surface area contributed by atoms with Crippen molar-refractivity contribution in [3.63, 3.8) is 0 Å². The van der Waals surface area contributed by atoms with Gasteiger partial charge in [-0.3, -0.25) is 0 Å². The zero-order chi connectivity index (χ0) is 22.9. The summed E-state index contributed by atoms with van der Waals surface area (Å²) in [6.45, 7) is 23.6. The van der Waals surface area contributed by atoms with Gasteiger partial charge in [0.1, 0.15) is 24.6 Å². The van der Waals surface area contributed by atoms with Crippen LogP contribution in [0.15, 0.2) is 0 Å². The Balaban J connectivity index is 4.03. The second-order valence-corrected chi connectivity index (χ2v) is 33.9. The van der Waals surface area contributed by atoms with Gasteiger partial charge in [0.2, 0.25) is 0 Å². The Bertz CT molecular complexity index is 577. The first-order valence-electron chi connectivity index (χ1n) is 10.2. The molecule has 168 valence electrons. The quantitative estimate of drug-likeness (QED) is 0.393. The van der Waals surface area contributed by atoms with E-state index in [-0.39, 0.29) is 0 Å².